The van der Waals surface area contributed by atoms with E-state index < -0.39 is 27.1 Å². The molecule has 104 valence electrons. The fraction of sp³-hybridized carbons (Fsp3) is 0. The van der Waals surface area contributed by atoms with Gasteiger partial charge in [-0.05, 0) is 23.3 Å². The van der Waals surface area contributed by atoms with Crippen LogP contribution in [0, 0.1) is 20.2 Å². The fourth-order valence-electron chi connectivity index (χ4n) is 2.38. The van der Waals surface area contributed by atoms with E-state index in [1.807, 2.05) is 0 Å². The Morgan fingerprint density at radius 3 is 2.38 bits per heavy atom. The lowest BCUT2D eigenvalue weighted by Gasteiger charge is -2.11. The molecule has 2 aliphatic rings. The highest BCUT2D eigenvalue weighted by atomic mass is 16.6. The summed E-state index contributed by atoms with van der Waals surface area (Å²) in [6.07, 6.45) is 2.11. The van der Waals surface area contributed by atoms with Crippen LogP contribution in [0.5, 0.6) is 0 Å². The van der Waals surface area contributed by atoms with Crippen molar-refractivity contribution in [2.45, 2.75) is 0 Å². The molecule has 8 nitrogen and oxygen atoms in total. The summed E-state index contributed by atoms with van der Waals surface area (Å²) < 4.78 is 0. The van der Waals surface area contributed by atoms with Crippen LogP contribution in [0.25, 0.3) is 11.6 Å². The second-order valence-electron chi connectivity index (χ2n) is 4.46. The monoisotopic (exact) mass is 286 g/mol. The summed E-state index contributed by atoms with van der Waals surface area (Å²) in [5.74, 6) is -1.23. The summed E-state index contributed by atoms with van der Waals surface area (Å²) in [6, 6.07) is 3.90. The Kier molecular flexibility index (Phi) is 2.49. The molecule has 0 amide bonds. The van der Waals surface area contributed by atoms with Gasteiger partial charge in [-0.25, -0.2) is 0 Å². The molecule has 0 saturated carbocycles. The van der Waals surface area contributed by atoms with Crippen molar-refractivity contribution in [3.63, 3.8) is 0 Å². The van der Waals surface area contributed by atoms with Crippen LogP contribution in [0.15, 0.2) is 41.3 Å². The van der Waals surface area contributed by atoms with Gasteiger partial charge in [0.25, 0.3) is 11.5 Å². The van der Waals surface area contributed by atoms with Gasteiger partial charge in [-0.1, -0.05) is 0 Å². The number of nitro benzene ring substituents is 1. The highest BCUT2D eigenvalue weighted by Gasteiger charge is 2.38. The standard InChI is InChI=1S/C13H6N2O6/c16-11-5-10(15(20)21)13(17)9-4-6-3-7(14(18)19)1-2-8(6)12(9)11/h1-5,16H. The summed E-state index contributed by atoms with van der Waals surface area (Å²) in [5.41, 5.74) is 0.0314. The van der Waals surface area contributed by atoms with Crippen LogP contribution in [-0.2, 0) is 4.79 Å². The van der Waals surface area contributed by atoms with Crippen LogP contribution in [0.3, 0.4) is 0 Å². The second-order valence-corrected chi connectivity index (χ2v) is 4.46. The van der Waals surface area contributed by atoms with Crippen molar-refractivity contribution in [2.24, 2.45) is 0 Å². The van der Waals surface area contributed by atoms with E-state index in [0.717, 1.165) is 6.08 Å². The first-order chi connectivity index (χ1) is 9.90. The maximum Gasteiger partial charge on any atom is 0.320 e. The van der Waals surface area contributed by atoms with E-state index in [2.05, 4.69) is 0 Å². The second kappa shape index (κ2) is 4.10. The molecule has 0 heterocycles. The van der Waals surface area contributed by atoms with Crippen molar-refractivity contribution in [1.29, 1.82) is 0 Å². The number of rotatable bonds is 2. The number of carbonyl (C=O) groups is 1. The summed E-state index contributed by atoms with van der Waals surface area (Å²) in [4.78, 5) is 32.1. The molecule has 0 atom stereocenters. The molecule has 1 aromatic carbocycles. The molecule has 0 unspecified atom stereocenters. The van der Waals surface area contributed by atoms with Crippen LogP contribution in [0.4, 0.5) is 5.69 Å². The first-order valence-electron chi connectivity index (χ1n) is 5.75. The number of carbonyl (C=O) groups excluding carboxylic acids is 1. The Balaban J connectivity index is 2.22. The van der Waals surface area contributed by atoms with E-state index in [0.29, 0.717) is 11.1 Å². The molecule has 0 saturated heterocycles. The Bertz CT molecular complexity index is 831. The highest BCUT2D eigenvalue weighted by molar-refractivity contribution is 6.25. The van der Waals surface area contributed by atoms with Gasteiger partial charge < -0.3 is 5.11 Å². The van der Waals surface area contributed by atoms with Gasteiger partial charge in [-0.2, -0.15) is 0 Å². The number of hydrogen-bond donors (Lipinski definition) is 1. The molecule has 0 radical (unpaired) electrons. The molecule has 0 spiro atoms. The number of benzene rings is 1. The Morgan fingerprint density at radius 2 is 1.76 bits per heavy atom. The normalized spacial score (nSPS) is 16.1. The number of aliphatic hydroxyl groups is 1. The summed E-state index contributed by atoms with van der Waals surface area (Å²) in [7, 11) is 0. The van der Waals surface area contributed by atoms with Crippen molar-refractivity contribution in [3.8, 4) is 0 Å². The van der Waals surface area contributed by atoms with Crippen molar-refractivity contribution >= 4 is 23.1 Å². The van der Waals surface area contributed by atoms with E-state index in [9.17, 15) is 30.1 Å². The first-order valence-corrected chi connectivity index (χ1v) is 5.75. The van der Waals surface area contributed by atoms with Gasteiger partial charge in [0.1, 0.15) is 5.76 Å². The average Bonchev–Trinajstić information content (AvgIpc) is 2.81. The molecule has 1 N–H and O–H groups in total. The van der Waals surface area contributed by atoms with Gasteiger partial charge >= 0.3 is 5.70 Å². The number of nitro groups is 2. The fourth-order valence-corrected chi connectivity index (χ4v) is 2.38. The van der Waals surface area contributed by atoms with E-state index in [4.69, 9.17) is 0 Å². The Hall–Kier alpha value is -3.29. The van der Waals surface area contributed by atoms with Gasteiger partial charge in [0, 0.05) is 23.3 Å². The van der Waals surface area contributed by atoms with Crippen LogP contribution in [-0.4, -0.2) is 20.7 Å². The third-order valence-electron chi connectivity index (χ3n) is 3.29. The quantitative estimate of drug-likeness (QED) is 0.655. The van der Waals surface area contributed by atoms with Crippen LogP contribution in [0.2, 0.25) is 0 Å². The van der Waals surface area contributed by atoms with E-state index >= 15 is 0 Å². The number of allylic oxidation sites excluding steroid dienone is 3. The first kappa shape index (κ1) is 12.7. The molecule has 2 aliphatic carbocycles. The molecule has 0 bridgehead atoms. The van der Waals surface area contributed by atoms with Crippen LogP contribution < -0.4 is 0 Å². The summed E-state index contributed by atoms with van der Waals surface area (Å²) in [5, 5.41) is 31.4. The van der Waals surface area contributed by atoms with Crippen molar-refractivity contribution in [3.05, 3.63) is 72.7 Å². The summed E-state index contributed by atoms with van der Waals surface area (Å²) >= 11 is 0. The predicted molar refractivity (Wildman–Crippen MR) is 70.7 cm³/mol. The number of aliphatic hydroxyl groups excluding tert-OH is 1. The molecule has 0 aromatic heterocycles. The zero-order valence-electron chi connectivity index (χ0n) is 10.3. The number of nitrogens with zero attached hydrogens (tertiary/aromatic N) is 2. The molecule has 8 heteroatoms. The lowest BCUT2D eigenvalue weighted by atomic mass is 9.93. The molecular weight excluding hydrogens is 280 g/mol. The van der Waals surface area contributed by atoms with E-state index in [-0.39, 0.29) is 16.8 Å². The summed E-state index contributed by atoms with van der Waals surface area (Å²) in [6.45, 7) is 0. The lowest BCUT2D eigenvalue weighted by molar-refractivity contribution is -0.418. The smallest absolute Gasteiger partial charge is 0.320 e. The molecule has 0 aliphatic heterocycles. The van der Waals surface area contributed by atoms with Gasteiger partial charge in [0.05, 0.1) is 15.9 Å². The Morgan fingerprint density at radius 1 is 1.05 bits per heavy atom. The SMILES string of the molecule is O=C1C2=Cc3cc([N+](=O)[O-])ccc3C2=C(O)C=C1[N+](=O)[O-]. The third-order valence-corrected chi connectivity index (χ3v) is 3.29. The topological polar surface area (TPSA) is 124 Å². The minimum atomic E-state index is -0.873. The molecular formula is C13H6N2O6. The van der Waals surface area contributed by atoms with Gasteiger partial charge in [-0.15, -0.1) is 0 Å². The minimum absolute atomic E-state index is 0.0304. The van der Waals surface area contributed by atoms with Crippen LogP contribution in [0.1, 0.15) is 11.1 Å². The zero-order valence-corrected chi connectivity index (χ0v) is 10.3. The average molecular weight is 286 g/mol. The predicted octanol–water partition coefficient (Wildman–Crippen LogP) is 2.00. The van der Waals surface area contributed by atoms with E-state index in [1.54, 1.807) is 0 Å². The maximum absolute atomic E-state index is 12.0. The van der Waals surface area contributed by atoms with Crippen molar-refractivity contribution in [2.75, 3.05) is 0 Å². The number of fused-ring (bicyclic) bond motifs is 3. The number of Topliss-reactive ketones (excluding diaryl/α,β-unsaturated/α-hetero) is 1. The largest absolute Gasteiger partial charge is 0.507 e. The number of hydrogen-bond acceptors (Lipinski definition) is 6. The van der Waals surface area contributed by atoms with Crippen LogP contribution >= 0.6 is 0 Å². The molecule has 3 rings (SSSR count). The molecule has 21 heavy (non-hydrogen) atoms. The maximum atomic E-state index is 12.0. The molecule has 0 fully saturated rings. The molecule has 1 aromatic rings. The minimum Gasteiger partial charge on any atom is -0.507 e. The van der Waals surface area contributed by atoms with E-state index in [1.165, 1.54) is 24.3 Å². The van der Waals surface area contributed by atoms with Crippen molar-refractivity contribution in [1.82, 2.24) is 0 Å². The Labute approximate surface area is 116 Å². The van der Waals surface area contributed by atoms with Gasteiger partial charge in [0.15, 0.2) is 0 Å². The van der Waals surface area contributed by atoms with Gasteiger partial charge in [0.2, 0.25) is 0 Å². The zero-order chi connectivity index (χ0) is 15.3. The van der Waals surface area contributed by atoms with Crippen molar-refractivity contribution < 1.29 is 19.7 Å². The lowest BCUT2D eigenvalue weighted by Crippen LogP contribution is -2.17. The number of ketones is 1. The highest BCUT2D eigenvalue weighted by Crippen LogP contribution is 2.42. The third kappa shape index (κ3) is 1.73. The number of non-ortho nitro benzene ring substituents is 1. The van der Waals surface area contributed by atoms with Gasteiger partial charge in [-0.3, -0.25) is 25.0 Å².